The lowest BCUT2D eigenvalue weighted by molar-refractivity contribution is 0.625. The highest BCUT2D eigenvalue weighted by molar-refractivity contribution is 5.15. The van der Waals surface area contributed by atoms with Gasteiger partial charge in [0.2, 0.25) is 0 Å². The monoisotopic (exact) mass is 180 g/mol. The Morgan fingerprint density at radius 1 is 1.23 bits per heavy atom. The van der Waals surface area contributed by atoms with Crippen LogP contribution in [0.25, 0.3) is 0 Å². The molecular formula is C12H17F. The summed E-state index contributed by atoms with van der Waals surface area (Å²) in [6.45, 7) is 6.01. The van der Waals surface area contributed by atoms with E-state index in [9.17, 15) is 4.39 Å². The Bertz CT molecular complexity index is 226. The van der Waals surface area contributed by atoms with Crippen LogP contribution < -0.4 is 0 Å². The zero-order valence-electron chi connectivity index (χ0n) is 8.55. The summed E-state index contributed by atoms with van der Waals surface area (Å²) in [5, 5.41) is 0. The van der Waals surface area contributed by atoms with Crippen LogP contribution in [0.2, 0.25) is 0 Å². The van der Waals surface area contributed by atoms with Gasteiger partial charge in [-0.25, -0.2) is 4.39 Å². The van der Waals surface area contributed by atoms with Crippen LogP contribution in [-0.2, 0) is 6.42 Å². The number of hydrogen-bond acceptors (Lipinski definition) is 0. The largest absolute Gasteiger partial charge is 0.207 e. The molecule has 1 aromatic rings. The molecule has 0 saturated heterocycles. The summed E-state index contributed by atoms with van der Waals surface area (Å²) in [7, 11) is 0. The smallest absolute Gasteiger partial charge is 0.123 e. The van der Waals surface area contributed by atoms with Crippen molar-refractivity contribution in [3.8, 4) is 12.8 Å². The molecule has 0 aliphatic heterocycles. The third kappa shape index (κ3) is 7.08. The molecule has 0 N–H and O–H groups in total. The first-order chi connectivity index (χ1) is 6.33. The second-order valence-corrected chi connectivity index (χ2v) is 1.98. The molecule has 0 heterocycles. The molecule has 0 radical (unpaired) electrons. The summed E-state index contributed by atoms with van der Waals surface area (Å²) in [6, 6.07) is 6.66. The van der Waals surface area contributed by atoms with Gasteiger partial charge in [-0.15, -0.1) is 12.8 Å². The van der Waals surface area contributed by atoms with Crippen LogP contribution in [0.1, 0.15) is 26.3 Å². The number of rotatable bonds is 1. The van der Waals surface area contributed by atoms with E-state index >= 15 is 0 Å². The predicted molar refractivity (Wildman–Crippen MR) is 57.0 cm³/mol. The highest BCUT2D eigenvalue weighted by atomic mass is 19.1. The highest BCUT2D eigenvalue weighted by Crippen LogP contribution is 2.02. The quantitative estimate of drug-likeness (QED) is 0.578. The number of hydrogen-bond donors (Lipinski definition) is 0. The maximum atomic E-state index is 12.4. The maximum Gasteiger partial charge on any atom is 0.123 e. The molecule has 0 aliphatic rings. The van der Waals surface area contributed by atoms with Crippen molar-refractivity contribution in [2.24, 2.45) is 0 Å². The minimum absolute atomic E-state index is 0.144. The third-order valence-corrected chi connectivity index (χ3v) is 1.30. The second kappa shape index (κ2) is 10.7. The van der Waals surface area contributed by atoms with Crippen molar-refractivity contribution >= 4 is 0 Å². The first kappa shape index (κ1) is 14.2. The van der Waals surface area contributed by atoms with Crippen molar-refractivity contribution in [2.75, 3.05) is 0 Å². The number of terminal acetylenes is 1. The van der Waals surface area contributed by atoms with Crippen LogP contribution in [0.3, 0.4) is 0 Å². The Labute approximate surface area is 80.8 Å². The molecule has 0 aromatic heterocycles. The average Bonchev–Trinajstić information content (AvgIpc) is 2.24. The molecule has 0 atom stereocenters. The minimum Gasteiger partial charge on any atom is -0.207 e. The molecule has 0 nitrogen and oxygen atoms in total. The lowest BCUT2D eigenvalue weighted by Crippen LogP contribution is -1.79. The van der Waals surface area contributed by atoms with E-state index in [2.05, 4.69) is 12.8 Å². The molecule has 1 rings (SSSR count). The van der Waals surface area contributed by atoms with Gasteiger partial charge in [-0.1, -0.05) is 32.9 Å². The molecule has 1 heteroatoms. The Morgan fingerprint density at radius 3 is 2.08 bits per heavy atom. The Morgan fingerprint density at radius 2 is 1.77 bits per heavy atom. The molecule has 0 spiro atoms. The zero-order chi connectivity index (χ0) is 10.7. The summed E-state index contributed by atoms with van der Waals surface area (Å²) in [6.07, 6.45) is 8.90. The summed E-state index contributed by atoms with van der Waals surface area (Å²) in [4.78, 5) is 0. The minimum atomic E-state index is -0.144. The van der Waals surface area contributed by atoms with Crippen LogP contribution in [0.15, 0.2) is 24.3 Å². The molecule has 0 amide bonds. The van der Waals surface area contributed by atoms with Gasteiger partial charge in [0.15, 0.2) is 0 Å². The normalized spacial score (nSPS) is 7.23. The summed E-state index contributed by atoms with van der Waals surface area (Å²) in [5.41, 5.74) is 1.05. The van der Waals surface area contributed by atoms with Gasteiger partial charge in [-0.3, -0.25) is 0 Å². The van der Waals surface area contributed by atoms with E-state index < -0.39 is 0 Å². The lowest BCUT2D eigenvalue weighted by Gasteiger charge is -1.92. The fourth-order valence-electron chi connectivity index (χ4n) is 0.757. The average molecular weight is 180 g/mol. The summed E-state index contributed by atoms with van der Waals surface area (Å²) >= 11 is 0. The Balaban J connectivity index is 0. The Kier molecular flexibility index (Phi) is 11.7. The standard InChI is InChI=1S/C8H9F.C2H6.C2H2/c1-2-7-4-3-5-8(9)6-7;2*1-2/h3-6H,2H2,1H3;1-2H3;1-2H. The van der Waals surface area contributed by atoms with Crippen LogP contribution in [0.5, 0.6) is 0 Å². The molecule has 0 fully saturated rings. The first-order valence-electron chi connectivity index (χ1n) is 4.40. The van der Waals surface area contributed by atoms with E-state index in [-0.39, 0.29) is 5.82 Å². The van der Waals surface area contributed by atoms with Gasteiger partial charge in [0.05, 0.1) is 0 Å². The highest BCUT2D eigenvalue weighted by Gasteiger charge is 1.88. The number of aryl methyl sites for hydroxylation is 1. The van der Waals surface area contributed by atoms with Crippen molar-refractivity contribution in [3.63, 3.8) is 0 Å². The van der Waals surface area contributed by atoms with E-state index in [1.807, 2.05) is 26.8 Å². The maximum absolute atomic E-state index is 12.4. The fraction of sp³-hybridized carbons (Fsp3) is 0.333. The van der Waals surface area contributed by atoms with Gasteiger partial charge < -0.3 is 0 Å². The van der Waals surface area contributed by atoms with Crippen molar-refractivity contribution in [2.45, 2.75) is 27.2 Å². The van der Waals surface area contributed by atoms with Gasteiger partial charge in [0, 0.05) is 0 Å². The lowest BCUT2D eigenvalue weighted by atomic mass is 10.2. The van der Waals surface area contributed by atoms with Gasteiger partial charge >= 0.3 is 0 Å². The first-order valence-corrected chi connectivity index (χ1v) is 4.40. The third-order valence-electron chi connectivity index (χ3n) is 1.30. The van der Waals surface area contributed by atoms with Crippen molar-refractivity contribution < 1.29 is 4.39 Å². The molecule has 0 aliphatic carbocycles. The SMILES string of the molecule is C#C.CC.CCc1cccc(F)c1. The molecule has 0 unspecified atom stereocenters. The van der Waals surface area contributed by atoms with E-state index in [4.69, 9.17) is 0 Å². The van der Waals surface area contributed by atoms with Crippen LogP contribution in [0, 0.1) is 18.7 Å². The fourth-order valence-corrected chi connectivity index (χ4v) is 0.757. The molecule has 72 valence electrons. The van der Waals surface area contributed by atoms with Crippen LogP contribution in [0.4, 0.5) is 4.39 Å². The van der Waals surface area contributed by atoms with Crippen molar-refractivity contribution in [1.29, 1.82) is 0 Å². The molecule has 0 bridgehead atoms. The van der Waals surface area contributed by atoms with Gasteiger partial charge in [0.1, 0.15) is 5.82 Å². The van der Waals surface area contributed by atoms with E-state index in [1.54, 1.807) is 12.1 Å². The predicted octanol–water partition coefficient (Wildman–Crippen LogP) is 3.66. The van der Waals surface area contributed by atoms with Gasteiger partial charge in [-0.05, 0) is 24.1 Å². The molecular weight excluding hydrogens is 163 g/mol. The topological polar surface area (TPSA) is 0 Å². The van der Waals surface area contributed by atoms with Gasteiger partial charge in [-0.2, -0.15) is 0 Å². The van der Waals surface area contributed by atoms with E-state index in [0.29, 0.717) is 0 Å². The Hall–Kier alpha value is -1.29. The van der Waals surface area contributed by atoms with E-state index in [0.717, 1.165) is 12.0 Å². The number of halogens is 1. The van der Waals surface area contributed by atoms with Crippen molar-refractivity contribution in [3.05, 3.63) is 35.6 Å². The molecule has 1 aromatic carbocycles. The molecule has 13 heavy (non-hydrogen) atoms. The van der Waals surface area contributed by atoms with Gasteiger partial charge in [0.25, 0.3) is 0 Å². The summed E-state index contributed by atoms with van der Waals surface area (Å²) < 4.78 is 12.4. The van der Waals surface area contributed by atoms with E-state index in [1.165, 1.54) is 6.07 Å². The second-order valence-electron chi connectivity index (χ2n) is 1.98. The van der Waals surface area contributed by atoms with Crippen molar-refractivity contribution in [1.82, 2.24) is 0 Å². The number of benzene rings is 1. The van der Waals surface area contributed by atoms with Crippen LogP contribution >= 0.6 is 0 Å². The van der Waals surface area contributed by atoms with Crippen LogP contribution in [-0.4, -0.2) is 0 Å². The zero-order valence-corrected chi connectivity index (χ0v) is 8.55. The molecule has 0 saturated carbocycles. The summed E-state index contributed by atoms with van der Waals surface area (Å²) in [5.74, 6) is -0.144.